The summed E-state index contributed by atoms with van der Waals surface area (Å²) in [4.78, 5) is 0. The molecular weight excluding hydrogens is 292 g/mol. The standard InChI is InChI=1S/C17H20N4S/c18-17-11-15(20-21(17)16-6-2-1-3-7-16)5-4-9-19-12-14-8-10-22-13-14/h1-3,6-8,10-11,13,19H,4-5,9,12,18H2. The van der Waals surface area contributed by atoms with E-state index in [1.54, 1.807) is 16.0 Å². The highest BCUT2D eigenvalue weighted by molar-refractivity contribution is 7.07. The molecule has 0 aliphatic heterocycles. The highest BCUT2D eigenvalue weighted by Crippen LogP contribution is 2.15. The van der Waals surface area contributed by atoms with E-state index in [9.17, 15) is 0 Å². The maximum absolute atomic E-state index is 6.05. The summed E-state index contributed by atoms with van der Waals surface area (Å²) in [6.07, 6.45) is 1.98. The first-order valence-electron chi connectivity index (χ1n) is 7.44. The van der Waals surface area contributed by atoms with Gasteiger partial charge < -0.3 is 11.1 Å². The monoisotopic (exact) mass is 312 g/mol. The lowest BCUT2D eigenvalue weighted by molar-refractivity contribution is 0.643. The second kappa shape index (κ2) is 7.24. The molecular formula is C17H20N4S. The molecule has 3 rings (SSSR count). The van der Waals surface area contributed by atoms with Gasteiger partial charge in [0.1, 0.15) is 5.82 Å². The maximum Gasteiger partial charge on any atom is 0.127 e. The molecule has 1 aromatic carbocycles. The van der Waals surface area contributed by atoms with E-state index in [0.29, 0.717) is 5.82 Å². The van der Waals surface area contributed by atoms with Crippen molar-refractivity contribution in [2.75, 3.05) is 12.3 Å². The number of aromatic nitrogens is 2. The van der Waals surface area contributed by atoms with Gasteiger partial charge in [-0.15, -0.1) is 0 Å². The summed E-state index contributed by atoms with van der Waals surface area (Å²) in [5, 5.41) is 12.3. The Labute approximate surface area is 134 Å². The van der Waals surface area contributed by atoms with Crippen LogP contribution in [0.1, 0.15) is 17.7 Å². The number of hydrogen-bond acceptors (Lipinski definition) is 4. The molecule has 0 spiro atoms. The van der Waals surface area contributed by atoms with Crippen molar-refractivity contribution in [2.45, 2.75) is 19.4 Å². The molecule has 2 aromatic heterocycles. The molecule has 0 bridgehead atoms. The molecule has 0 aliphatic carbocycles. The Morgan fingerprint density at radius 1 is 1.18 bits per heavy atom. The molecule has 2 heterocycles. The first kappa shape index (κ1) is 14.8. The van der Waals surface area contributed by atoms with Crippen LogP contribution >= 0.6 is 11.3 Å². The zero-order valence-corrected chi connectivity index (χ0v) is 13.2. The van der Waals surface area contributed by atoms with Crippen molar-refractivity contribution >= 4 is 17.2 Å². The third kappa shape index (κ3) is 3.75. The number of nitrogen functional groups attached to an aromatic ring is 1. The van der Waals surface area contributed by atoms with Gasteiger partial charge >= 0.3 is 0 Å². The predicted octanol–water partition coefficient (Wildman–Crippen LogP) is 3.24. The van der Waals surface area contributed by atoms with E-state index in [1.807, 2.05) is 36.4 Å². The molecule has 0 amide bonds. The summed E-state index contributed by atoms with van der Waals surface area (Å²) in [5.74, 6) is 0.687. The van der Waals surface area contributed by atoms with Crippen LogP contribution in [0, 0.1) is 0 Å². The average Bonchev–Trinajstić information content (AvgIpc) is 3.17. The Morgan fingerprint density at radius 3 is 2.82 bits per heavy atom. The number of benzene rings is 1. The van der Waals surface area contributed by atoms with E-state index in [2.05, 4.69) is 27.2 Å². The van der Waals surface area contributed by atoms with E-state index in [4.69, 9.17) is 5.73 Å². The second-order valence-electron chi connectivity index (χ2n) is 5.22. The van der Waals surface area contributed by atoms with Crippen molar-refractivity contribution in [3.8, 4) is 5.69 Å². The van der Waals surface area contributed by atoms with Crippen molar-refractivity contribution in [1.29, 1.82) is 0 Å². The Hall–Kier alpha value is -2.11. The molecule has 0 aliphatic rings. The van der Waals surface area contributed by atoms with Gasteiger partial charge in [-0.25, -0.2) is 4.68 Å². The van der Waals surface area contributed by atoms with Gasteiger partial charge in [-0.05, 0) is 53.9 Å². The van der Waals surface area contributed by atoms with Gasteiger partial charge in [-0.3, -0.25) is 0 Å². The minimum atomic E-state index is 0.687. The van der Waals surface area contributed by atoms with Gasteiger partial charge in [0.15, 0.2) is 0 Å². The van der Waals surface area contributed by atoms with Crippen molar-refractivity contribution in [1.82, 2.24) is 15.1 Å². The fourth-order valence-electron chi connectivity index (χ4n) is 2.37. The molecule has 4 nitrogen and oxygen atoms in total. The van der Waals surface area contributed by atoms with E-state index < -0.39 is 0 Å². The number of rotatable bonds is 7. The number of aryl methyl sites for hydroxylation is 1. The van der Waals surface area contributed by atoms with Crippen LogP contribution in [0.2, 0.25) is 0 Å². The Kier molecular flexibility index (Phi) is 4.88. The largest absolute Gasteiger partial charge is 0.384 e. The summed E-state index contributed by atoms with van der Waals surface area (Å²) in [5.41, 5.74) is 9.45. The van der Waals surface area contributed by atoms with Gasteiger partial charge in [-0.1, -0.05) is 18.2 Å². The van der Waals surface area contributed by atoms with E-state index in [0.717, 1.165) is 37.3 Å². The van der Waals surface area contributed by atoms with Crippen molar-refractivity contribution < 1.29 is 0 Å². The lowest BCUT2D eigenvalue weighted by Crippen LogP contribution is -2.14. The van der Waals surface area contributed by atoms with Crippen LogP contribution < -0.4 is 11.1 Å². The number of nitrogens with zero attached hydrogens (tertiary/aromatic N) is 2. The lowest BCUT2D eigenvalue weighted by atomic mass is 10.2. The Morgan fingerprint density at radius 2 is 2.05 bits per heavy atom. The Bertz CT molecular complexity index is 689. The maximum atomic E-state index is 6.05. The molecule has 0 radical (unpaired) electrons. The molecule has 0 saturated heterocycles. The van der Waals surface area contributed by atoms with Crippen LogP contribution in [-0.4, -0.2) is 16.3 Å². The molecule has 22 heavy (non-hydrogen) atoms. The summed E-state index contributed by atoms with van der Waals surface area (Å²) in [6, 6.07) is 14.1. The molecule has 0 fully saturated rings. The number of hydrogen-bond donors (Lipinski definition) is 2. The highest BCUT2D eigenvalue weighted by Gasteiger charge is 2.06. The van der Waals surface area contributed by atoms with Gasteiger partial charge in [0.25, 0.3) is 0 Å². The fourth-order valence-corrected chi connectivity index (χ4v) is 3.03. The molecule has 0 unspecified atom stereocenters. The van der Waals surface area contributed by atoms with Gasteiger partial charge in [0.05, 0.1) is 11.4 Å². The van der Waals surface area contributed by atoms with E-state index in [-0.39, 0.29) is 0 Å². The van der Waals surface area contributed by atoms with Crippen LogP contribution in [0.4, 0.5) is 5.82 Å². The first-order valence-corrected chi connectivity index (χ1v) is 8.39. The van der Waals surface area contributed by atoms with Gasteiger partial charge in [0.2, 0.25) is 0 Å². The fraction of sp³-hybridized carbons (Fsp3) is 0.235. The number of anilines is 1. The van der Waals surface area contributed by atoms with E-state index >= 15 is 0 Å². The smallest absolute Gasteiger partial charge is 0.127 e. The number of nitrogens with two attached hydrogens (primary N) is 1. The minimum Gasteiger partial charge on any atom is -0.384 e. The van der Waals surface area contributed by atoms with Crippen molar-refractivity contribution in [3.63, 3.8) is 0 Å². The van der Waals surface area contributed by atoms with Crippen LogP contribution in [0.3, 0.4) is 0 Å². The van der Waals surface area contributed by atoms with Crippen LogP contribution in [-0.2, 0) is 13.0 Å². The van der Waals surface area contributed by atoms with E-state index in [1.165, 1.54) is 5.56 Å². The van der Waals surface area contributed by atoms with Gasteiger partial charge in [0, 0.05) is 12.6 Å². The third-order valence-corrected chi connectivity index (χ3v) is 4.22. The molecule has 0 saturated carbocycles. The summed E-state index contributed by atoms with van der Waals surface area (Å²) in [6.45, 7) is 1.91. The minimum absolute atomic E-state index is 0.687. The molecule has 0 atom stereocenters. The van der Waals surface area contributed by atoms with Crippen LogP contribution in [0.25, 0.3) is 5.69 Å². The molecule has 5 heteroatoms. The normalized spacial score (nSPS) is 10.9. The highest BCUT2D eigenvalue weighted by atomic mass is 32.1. The van der Waals surface area contributed by atoms with Gasteiger partial charge in [-0.2, -0.15) is 16.4 Å². The molecule has 3 aromatic rings. The SMILES string of the molecule is Nc1cc(CCCNCc2ccsc2)nn1-c1ccccc1. The summed E-state index contributed by atoms with van der Waals surface area (Å²) < 4.78 is 1.80. The quantitative estimate of drug-likeness (QED) is 0.659. The molecule has 114 valence electrons. The topological polar surface area (TPSA) is 55.9 Å². The summed E-state index contributed by atoms with van der Waals surface area (Å²) >= 11 is 1.74. The Balaban J connectivity index is 1.49. The number of thiophene rings is 1. The number of para-hydroxylation sites is 1. The lowest BCUT2D eigenvalue weighted by Gasteiger charge is -2.03. The second-order valence-corrected chi connectivity index (χ2v) is 6.00. The van der Waals surface area contributed by atoms with Crippen LogP contribution in [0.5, 0.6) is 0 Å². The average molecular weight is 312 g/mol. The van der Waals surface area contributed by atoms with Crippen LogP contribution in [0.15, 0.2) is 53.2 Å². The predicted molar refractivity (Wildman–Crippen MR) is 92.3 cm³/mol. The third-order valence-electron chi connectivity index (χ3n) is 3.48. The zero-order valence-electron chi connectivity index (χ0n) is 12.4. The summed E-state index contributed by atoms with van der Waals surface area (Å²) in [7, 11) is 0. The van der Waals surface area contributed by atoms with Crippen molar-refractivity contribution in [3.05, 3.63) is 64.5 Å². The molecule has 3 N–H and O–H groups in total. The zero-order chi connectivity index (χ0) is 15.2. The number of nitrogens with one attached hydrogen (secondary N) is 1. The van der Waals surface area contributed by atoms with Crippen molar-refractivity contribution in [2.24, 2.45) is 0 Å². The first-order chi connectivity index (χ1) is 10.8.